The Bertz CT molecular complexity index is 781. The van der Waals surface area contributed by atoms with Crippen molar-refractivity contribution in [3.63, 3.8) is 0 Å². The minimum absolute atomic E-state index is 0.631. The van der Waals surface area contributed by atoms with Gasteiger partial charge >= 0.3 is 0 Å². The molecule has 0 fully saturated rings. The third-order valence-corrected chi connectivity index (χ3v) is 4.90. The van der Waals surface area contributed by atoms with E-state index in [1.165, 1.54) is 22.5 Å². The molecule has 2 heterocycles. The van der Waals surface area contributed by atoms with Gasteiger partial charge in [-0.2, -0.15) is 5.10 Å². The Morgan fingerprint density at radius 2 is 2.12 bits per heavy atom. The van der Waals surface area contributed by atoms with Crippen molar-refractivity contribution < 1.29 is 4.74 Å². The van der Waals surface area contributed by atoms with Gasteiger partial charge in [0, 0.05) is 37.1 Å². The fourth-order valence-corrected chi connectivity index (χ4v) is 3.47. The van der Waals surface area contributed by atoms with Gasteiger partial charge in [-0.05, 0) is 38.8 Å². The zero-order valence-electron chi connectivity index (χ0n) is 16.2. The number of ether oxygens (including phenoxy) is 1. The Hall–Kier alpha value is -2.34. The molecule has 1 aliphatic heterocycles. The molecule has 0 saturated carbocycles. The Morgan fingerprint density at radius 1 is 1.31 bits per heavy atom. The molecule has 0 aliphatic carbocycles. The van der Waals surface area contributed by atoms with Gasteiger partial charge in [0.2, 0.25) is 0 Å². The minimum Gasteiger partial charge on any atom is -0.383 e. The molecular weight excluding hydrogens is 326 g/mol. The molecule has 26 heavy (non-hydrogen) atoms. The molecule has 3 rings (SSSR count). The van der Waals surface area contributed by atoms with E-state index in [4.69, 9.17) is 9.73 Å². The zero-order valence-corrected chi connectivity index (χ0v) is 16.2. The summed E-state index contributed by atoms with van der Waals surface area (Å²) in [7, 11) is 1.72. The van der Waals surface area contributed by atoms with Crippen LogP contribution in [0.15, 0.2) is 29.3 Å². The van der Waals surface area contributed by atoms with Gasteiger partial charge in [-0.25, -0.2) is 4.99 Å². The first-order valence-electron chi connectivity index (χ1n) is 9.31. The third kappa shape index (κ3) is 3.75. The average Bonchev–Trinajstić information content (AvgIpc) is 3.18. The maximum atomic E-state index is 5.18. The van der Waals surface area contributed by atoms with Crippen LogP contribution in [0, 0.1) is 13.8 Å². The van der Waals surface area contributed by atoms with E-state index in [-0.39, 0.29) is 0 Å². The number of aliphatic imine (C=N–C) groups is 1. The number of methoxy groups -OCH3 is 1. The minimum atomic E-state index is 0.631. The lowest BCUT2D eigenvalue weighted by Crippen LogP contribution is -2.40. The van der Waals surface area contributed by atoms with Crippen LogP contribution in [-0.2, 0) is 24.2 Å². The molecule has 6 nitrogen and oxygen atoms in total. The number of nitrogens with zero attached hydrogens (tertiary/aromatic N) is 4. The summed E-state index contributed by atoms with van der Waals surface area (Å²) in [5.41, 5.74) is 6.05. The highest BCUT2D eigenvalue weighted by Crippen LogP contribution is 2.27. The number of rotatable bonds is 6. The van der Waals surface area contributed by atoms with Gasteiger partial charge in [0.05, 0.1) is 25.4 Å². The molecule has 0 spiro atoms. The number of fused-ring (bicyclic) bond motifs is 1. The second-order valence-corrected chi connectivity index (χ2v) is 6.57. The second kappa shape index (κ2) is 8.36. The van der Waals surface area contributed by atoms with E-state index in [0.717, 1.165) is 37.7 Å². The molecule has 1 aromatic carbocycles. The lowest BCUT2D eigenvalue weighted by molar-refractivity contribution is 0.182. The summed E-state index contributed by atoms with van der Waals surface area (Å²) >= 11 is 0. The van der Waals surface area contributed by atoms with Crippen molar-refractivity contribution in [3.05, 3.63) is 46.8 Å². The molecule has 0 bridgehead atoms. The van der Waals surface area contributed by atoms with Crippen LogP contribution < -0.4 is 10.2 Å². The van der Waals surface area contributed by atoms with E-state index in [1.54, 1.807) is 7.11 Å². The number of anilines is 1. The van der Waals surface area contributed by atoms with Crippen molar-refractivity contribution in [2.45, 2.75) is 40.3 Å². The van der Waals surface area contributed by atoms with E-state index >= 15 is 0 Å². The zero-order chi connectivity index (χ0) is 18.5. The first-order chi connectivity index (χ1) is 12.7. The summed E-state index contributed by atoms with van der Waals surface area (Å²) in [6.45, 7) is 10.2. The molecule has 1 N–H and O–H groups in total. The molecule has 0 radical (unpaired) electrons. The van der Waals surface area contributed by atoms with E-state index in [2.05, 4.69) is 60.4 Å². The first kappa shape index (κ1) is 18.5. The van der Waals surface area contributed by atoms with Crippen molar-refractivity contribution >= 4 is 11.6 Å². The highest BCUT2D eigenvalue weighted by molar-refractivity contribution is 5.97. The fourth-order valence-electron chi connectivity index (χ4n) is 3.47. The number of guanidine groups is 1. The molecule has 140 valence electrons. The lowest BCUT2D eigenvalue weighted by Gasteiger charge is -2.22. The molecule has 2 aromatic rings. The normalized spacial score (nSPS) is 14.0. The van der Waals surface area contributed by atoms with Crippen molar-refractivity contribution in [2.24, 2.45) is 4.99 Å². The number of nitrogens with one attached hydrogen (secondary N) is 1. The van der Waals surface area contributed by atoms with Crippen LogP contribution in [0.3, 0.4) is 0 Å². The standard InChI is InChI=1S/C20H29N5O/c1-5-21-20(24-11-10-17-8-6-7-9-19(17)24)22-14-18-15(2)23-25(16(18)3)12-13-26-4/h6-9H,5,10-14H2,1-4H3,(H,21,22). The molecular formula is C20H29N5O. The van der Waals surface area contributed by atoms with E-state index in [1.807, 2.05) is 4.68 Å². The van der Waals surface area contributed by atoms with Crippen molar-refractivity contribution in [3.8, 4) is 0 Å². The SMILES string of the molecule is CCNC(=NCc1c(C)nn(CCOC)c1C)N1CCc2ccccc21. The van der Waals surface area contributed by atoms with Gasteiger partial charge in [0.1, 0.15) is 0 Å². The van der Waals surface area contributed by atoms with Crippen molar-refractivity contribution in [1.29, 1.82) is 0 Å². The highest BCUT2D eigenvalue weighted by atomic mass is 16.5. The van der Waals surface area contributed by atoms with Gasteiger partial charge in [0.25, 0.3) is 0 Å². The number of para-hydroxylation sites is 1. The second-order valence-electron chi connectivity index (χ2n) is 6.57. The quantitative estimate of drug-likeness (QED) is 0.639. The molecule has 0 unspecified atom stereocenters. The molecule has 1 aromatic heterocycles. The van der Waals surface area contributed by atoms with Crippen LogP contribution in [0.1, 0.15) is 29.4 Å². The smallest absolute Gasteiger partial charge is 0.198 e. The summed E-state index contributed by atoms with van der Waals surface area (Å²) in [4.78, 5) is 7.22. The summed E-state index contributed by atoms with van der Waals surface area (Å²) in [5, 5.41) is 8.08. The van der Waals surface area contributed by atoms with E-state index in [9.17, 15) is 0 Å². The lowest BCUT2D eigenvalue weighted by atomic mass is 10.2. The van der Waals surface area contributed by atoms with E-state index in [0.29, 0.717) is 13.2 Å². The number of hydrogen-bond acceptors (Lipinski definition) is 3. The van der Waals surface area contributed by atoms with Gasteiger partial charge < -0.3 is 15.0 Å². The maximum Gasteiger partial charge on any atom is 0.198 e. The third-order valence-electron chi connectivity index (χ3n) is 4.90. The number of benzene rings is 1. The van der Waals surface area contributed by atoms with Crippen LogP contribution in [0.25, 0.3) is 0 Å². The monoisotopic (exact) mass is 355 g/mol. The van der Waals surface area contributed by atoms with Gasteiger partial charge in [-0.15, -0.1) is 0 Å². The molecule has 1 aliphatic rings. The Kier molecular flexibility index (Phi) is 5.93. The number of aromatic nitrogens is 2. The molecule has 6 heteroatoms. The van der Waals surface area contributed by atoms with Crippen LogP contribution in [-0.4, -0.2) is 42.5 Å². The first-order valence-corrected chi connectivity index (χ1v) is 9.31. The predicted octanol–water partition coefficient (Wildman–Crippen LogP) is 2.67. The van der Waals surface area contributed by atoms with Crippen LogP contribution >= 0.6 is 0 Å². The van der Waals surface area contributed by atoms with Crippen molar-refractivity contribution in [1.82, 2.24) is 15.1 Å². The van der Waals surface area contributed by atoms with Gasteiger partial charge in [-0.1, -0.05) is 18.2 Å². The topological polar surface area (TPSA) is 54.7 Å². The van der Waals surface area contributed by atoms with E-state index < -0.39 is 0 Å². The Labute approximate surface area is 155 Å². The Morgan fingerprint density at radius 3 is 2.88 bits per heavy atom. The van der Waals surface area contributed by atoms with Gasteiger partial charge in [0.15, 0.2) is 5.96 Å². The summed E-state index contributed by atoms with van der Waals surface area (Å²) in [6.07, 6.45) is 1.06. The van der Waals surface area contributed by atoms with Gasteiger partial charge in [-0.3, -0.25) is 4.68 Å². The highest BCUT2D eigenvalue weighted by Gasteiger charge is 2.22. The molecule has 0 atom stereocenters. The Balaban J connectivity index is 1.82. The number of aryl methyl sites for hydroxylation is 1. The van der Waals surface area contributed by atoms with Crippen LogP contribution in [0.4, 0.5) is 5.69 Å². The predicted molar refractivity (Wildman–Crippen MR) is 106 cm³/mol. The fraction of sp³-hybridized carbons (Fsp3) is 0.500. The maximum absolute atomic E-state index is 5.18. The summed E-state index contributed by atoms with van der Waals surface area (Å²) in [6, 6.07) is 8.57. The van der Waals surface area contributed by atoms with Crippen molar-refractivity contribution in [2.75, 3.05) is 31.7 Å². The van der Waals surface area contributed by atoms with Crippen LogP contribution in [0.2, 0.25) is 0 Å². The summed E-state index contributed by atoms with van der Waals surface area (Å²) in [5.74, 6) is 0.945. The van der Waals surface area contributed by atoms with Crippen LogP contribution in [0.5, 0.6) is 0 Å². The largest absolute Gasteiger partial charge is 0.383 e. The number of hydrogen-bond donors (Lipinski definition) is 1. The molecule has 0 amide bonds. The summed E-state index contributed by atoms with van der Waals surface area (Å²) < 4.78 is 7.19. The average molecular weight is 355 g/mol. The molecule has 0 saturated heterocycles.